The van der Waals surface area contributed by atoms with E-state index in [0.717, 1.165) is 30.7 Å². The molecule has 0 saturated heterocycles. The minimum atomic E-state index is -1.44. The lowest BCUT2D eigenvalue weighted by atomic mass is 9.75. The van der Waals surface area contributed by atoms with Gasteiger partial charge in [-0.15, -0.1) is 0 Å². The third-order valence-electron chi connectivity index (χ3n) is 4.06. The quantitative estimate of drug-likeness (QED) is 0.910. The van der Waals surface area contributed by atoms with E-state index < -0.39 is 46.0 Å². The molecule has 3 rings (SSSR count). The molecule has 1 saturated carbocycles. The summed E-state index contributed by atoms with van der Waals surface area (Å²) in [5.41, 5.74) is -3.18. The largest absolute Gasteiger partial charge is 0.477 e. The number of carboxylic acid groups (broad SMARTS) is 1. The molecule has 120 valence electrons. The predicted molar refractivity (Wildman–Crippen MR) is 74.3 cm³/mol. The van der Waals surface area contributed by atoms with E-state index in [1.807, 2.05) is 0 Å². The fraction of sp³-hybridized carbons (Fsp3) is 0.250. The molecule has 0 aliphatic heterocycles. The molecule has 0 radical (unpaired) electrons. The normalized spacial score (nSPS) is 16.0. The number of benzene rings is 1. The van der Waals surface area contributed by atoms with Crippen LogP contribution in [0.5, 0.6) is 0 Å². The molecule has 2 N–H and O–H groups in total. The topological polar surface area (TPSA) is 70.4 Å². The number of pyridine rings is 1. The summed E-state index contributed by atoms with van der Waals surface area (Å²) < 4.78 is 42.4. The van der Waals surface area contributed by atoms with Crippen LogP contribution in [0.4, 0.5) is 13.2 Å². The van der Waals surface area contributed by atoms with Crippen molar-refractivity contribution >= 4 is 5.97 Å². The summed E-state index contributed by atoms with van der Waals surface area (Å²) in [6, 6.07) is 3.57. The van der Waals surface area contributed by atoms with Gasteiger partial charge in [-0.25, -0.2) is 22.9 Å². The van der Waals surface area contributed by atoms with Gasteiger partial charge >= 0.3 is 5.97 Å². The second-order valence-electron chi connectivity index (χ2n) is 5.53. The molecule has 1 aliphatic rings. The highest BCUT2D eigenvalue weighted by molar-refractivity contribution is 5.86. The van der Waals surface area contributed by atoms with Gasteiger partial charge in [0.1, 0.15) is 28.8 Å². The zero-order chi connectivity index (χ0) is 16.8. The van der Waals surface area contributed by atoms with Crippen molar-refractivity contribution in [2.45, 2.75) is 24.9 Å². The fourth-order valence-corrected chi connectivity index (χ4v) is 2.60. The summed E-state index contributed by atoms with van der Waals surface area (Å²) in [4.78, 5) is 14.4. The van der Waals surface area contributed by atoms with Crippen LogP contribution in [0.3, 0.4) is 0 Å². The molecular weight excluding hydrogens is 311 g/mol. The lowest BCUT2D eigenvalue weighted by Gasteiger charge is -2.37. The van der Waals surface area contributed by atoms with E-state index in [4.69, 9.17) is 5.11 Å². The molecule has 0 bridgehead atoms. The third-order valence-corrected chi connectivity index (χ3v) is 4.06. The second-order valence-corrected chi connectivity index (χ2v) is 5.53. The van der Waals surface area contributed by atoms with Crippen LogP contribution in [0.2, 0.25) is 0 Å². The summed E-state index contributed by atoms with van der Waals surface area (Å²) in [5.74, 6) is -4.68. The summed E-state index contributed by atoms with van der Waals surface area (Å²) in [6.07, 6.45) is 1.54. The highest BCUT2D eigenvalue weighted by Gasteiger charge is 2.37. The van der Waals surface area contributed by atoms with Gasteiger partial charge in [-0.3, -0.25) is 0 Å². The molecule has 2 aromatic rings. The van der Waals surface area contributed by atoms with Gasteiger partial charge in [0, 0.05) is 0 Å². The van der Waals surface area contributed by atoms with Crippen LogP contribution in [0.15, 0.2) is 24.3 Å². The van der Waals surface area contributed by atoms with Gasteiger partial charge in [0.25, 0.3) is 0 Å². The summed E-state index contributed by atoms with van der Waals surface area (Å²) in [7, 11) is 0. The molecule has 0 spiro atoms. The van der Waals surface area contributed by atoms with Gasteiger partial charge in [-0.05, 0) is 49.1 Å². The molecule has 1 fully saturated rings. The van der Waals surface area contributed by atoms with Gasteiger partial charge in [0.2, 0.25) is 0 Å². The average Bonchev–Trinajstić information content (AvgIpc) is 2.45. The Morgan fingerprint density at radius 3 is 2.17 bits per heavy atom. The first-order chi connectivity index (χ1) is 10.8. The second kappa shape index (κ2) is 5.34. The van der Waals surface area contributed by atoms with Gasteiger partial charge in [0.05, 0.1) is 11.2 Å². The Morgan fingerprint density at radius 1 is 1.09 bits per heavy atom. The first-order valence-electron chi connectivity index (χ1n) is 6.94. The number of nitrogens with zero attached hydrogens (tertiary/aromatic N) is 1. The van der Waals surface area contributed by atoms with Crippen molar-refractivity contribution in [1.29, 1.82) is 0 Å². The van der Waals surface area contributed by atoms with Gasteiger partial charge in [-0.2, -0.15) is 0 Å². The van der Waals surface area contributed by atoms with Crippen LogP contribution in [-0.4, -0.2) is 21.2 Å². The summed E-state index contributed by atoms with van der Waals surface area (Å²) in [5, 5.41) is 19.0. The molecule has 0 amide bonds. The van der Waals surface area contributed by atoms with E-state index >= 15 is 0 Å². The monoisotopic (exact) mass is 323 g/mol. The third kappa shape index (κ3) is 2.57. The lowest BCUT2D eigenvalue weighted by Crippen LogP contribution is -2.33. The number of aromatic carboxylic acids is 1. The highest BCUT2D eigenvalue weighted by atomic mass is 19.1. The van der Waals surface area contributed by atoms with Crippen LogP contribution in [0.1, 0.15) is 35.3 Å². The van der Waals surface area contributed by atoms with Crippen molar-refractivity contribution in [1.82, 2.24) is 4.98 Å². The molecule has 0 unspecified atom stereocenters. The van der Waals surface area contributed by atoms with Crippen molar-refractivity contribution in [2.24, 2.45) is 0 Å². The van der Waals surface area contributed by atoms with Crippen molar-refractivity contribution in [3.8, 4) is 11.3 Å². The van der Waals surface area contributed by atoms with Gasteiger partial charge < -0.3 is 10.2 Å². The van der Waals surface area contributed by atoms with Crippen LogP contribution < -0.4 is 0 Å². The zero-order valence-electron chi connectivity index (χ0n) is 11.8. The van der Waals surface area contributed by atoms with Crippen molar-refractivity contribution in [3.63, 3.8) is 0 Å². The maximum absolute atomic E-state index is 14.3. The molecule has 4 nitrogen and oxygen atoms in total. The number of hydrogen-bond acceptors (Lipinski definition) is 3. The van der Waals surface area contributed by atoms with Gasteiger partial charge in [-0.1, -0.05) is 0 Å². The molecule has 7 heteroatoms. The number of carboxylic acids is 1. The fourth-order valence-electron chi connectivity index (χ4n) is 2.60. The maximum atomic E-state index is 14.3. The standard InChI is InChI=1S/C16H12F3NO3/c17-9-2-3-12(15(21)22)20-14(9)13-10(18)6-8(7-11(13)19)16(23)4-1-5-16/h2-3,6-7,23H,1,4-5H2,(H,21,22). The van der Waals surface area contributed by atoms with E-state index in [2.05, 4.69) is 4.98 Å². The molecule has 1 aromatic carbocycles. The highest BCUT2D eigenvalue weighted by Crippen LogP contribution is 2.42. The minimum Gasteiger partial charge on any atom is -0.477 e. The molecule has 1 aliphatic carbocycles. The molecular formula is C16H12F3NO3. The average molecular weight is 323 g/mol. The van der Waals surface area contributed by atoms with Crippen molar-refractivity contribution in [3.05, 3.63) is 53.0 Å². The van der Waals surface area contributed by atoms with Crippen molar-refractivity contribution in [2.75, 3.05) is 0 Å². The van der Waals surface area contributed by atoms with Crippen LogP contribution in [0.25, 0.3) is 11.3 Å². The zero-order valence-corrected chi connectivity index (χ0v) is 11.8. The Labute approximate surface area is 129 Å². The first-order valence-corrected chi connectivity index (χ1v) is 6.94. The van der Waals surface area contributed by atoms with Crippen LogP contribution in [-0.2, 0) is 5.60 Å². The summed E-state index contributed by atoms with van der Waals surface area (Å²) in [6.45, 7) is 0. The van der Waals surface area contributed by atoms with E-state index in [0.29, 0.717) is 12.8 Å². The maximum Gasteiger partial charge on any atom is 0.354 e. The van der Waals surface area contributed by atoms with E-state index in [9.17, 15) is 23.1 Å². The Bertz CT molecular complexity index is 780. The van der Waals surface area contributed by atoms with Crippen molar-refractivity contribution < 1.29 is 28.2 Å². The predicted octanol–water partition coefficient (Wildman–Crippen LogP) is 3.24. The molecule has 1 heterocycles. The molecule has 0 atom stereocenters. The smallest absolute Gasteiger partial charge is 0.354 e. The van der Waals surface area contributed by atoms with Crippen LogP contribution >= 0.6 is 0 Å². The van der Waals surface area contributed by atoms with E-state index in [1.165, 1.54) is 0 Å². The number of aliphatic hydroxyl groups is 1. The Morgan fingerprint density at radius 2 is 1.70 bits per heavy atom. The molecule has 1 aromatic heterocycles. The number of aromatic nitrogens is 1. The molecule has 23 heavy (non-hydrogen) atoms. The van der Waals surface area contributed by atoms with Gasteiger partial charge in [0.15, 0.2) is 0 Å². The Hall–Kier alpha value is -2.41. The van der Waals surface area contributed by atoms with Crippen LogP contribution in [0, 0.1) is 17.5 Å². The SMILES string of the molecule is O=C(O)c1ccc(F)c(-c2c(F)cc(C3(O)CCC3)cc2F)n1. The first kappa shape index (κ1) is 15.5. The number of hydrogen-bond donors (Lipinski definition) is 2. The minimum absolute atomic E-state index is 0.0808. The lowest BCUT2D eigenvalue weighted by molar-refractivity contribution is -0.0392. The van der Waals surface area contributed by atoms with E-state index in [-0.39, 0.29) is 5.56 Å². The van der Waals surface area contributed by atoms with E-state index in [1.54, 1.807) is 0 Å². The summed E-state index contributed by atoms with van der Waals surface area (Å²) >= 11 is 0. The number of carbonyl (C=O) groups is 1. The Kier molecular flexibility index (Phi) is 3.60. The number of rotatable bonds is 3. The number of halogens is 3. The Balaban J connectivity index is 2.14.